The van der Waals surface area contributed by atoms with Crippen molar-refractivity contribution in [2.75, 3.05) is 26.3 Å². The normalized spacial score (nSPS) is 18.8. The van der Waals surface area contributed by atoms with E-state index in [1.165, 1.54) is 0 Å². The Kier molecular flexibility index (Phi) is 6.00. The average Bonchev–Trinajstić information content (AvgIpc) is 3.04. The Morgan fingerprint density at radius 2 is 2.10 bits per heavy atom. The van der Waals surface area contributed by atoms with Crippen molar-refractivity contribution >= 4 is 11.5 Å². The van der Waals surface area contributed by atoms with Crippen LogP contribution in [-0.4, -0.2) is 37.1 Å². The van der Waals surface area contributed by atoms with Crippen LogP contribution in [0, 0.1) is 5.92 Å². The molecule has 0 radical (unpaired) electrons. The van der Waals surface area contributed by atoms with E-state index in [1.807, 2.05) is 30.0 Å². The van der Waals surface area contributed by atoms with Crippen molar-refractivity contribution in [3.8, 4) is 0 Å². The van der Waals surface area contributed by atoms with Crippen molar-refractivity contribution in [1.82, 2.24) is 4.90 Å². The summed E-state index contributed by atoms with van der Waals surface area (Å²) in [6.07, 6.45) is 3.72. The van der Waals surface area contributed by atoms with Crippen LogP contribution in [0.4, 0.5) is 0 Å². The molecule has 1 saturated heterocycles. The van der Waals surface area contributed by atoms with Gasteiger partial charge in [-0.2, -0.15) is 0 Å². The largest absolute Gasteiger partial charge is 0.381 e. The van der Waals surface area contributed by atoms with Crippen LogP contribution in [0.2, 0.25) is 0 Å². The van der Waals surface area contributed by atoms with Gasteiger partial charge < -0.3 is 9.64 Å². The lowest BCUT2D eigenvalue weighted by Gasteiger charge is -2.23. The number of carbonyl (C=O) groups is 1. The molecule has 0 aliphatic carbocycles. The zero-order valence-corrected chi connectivity index (χ0v) is 13.0. The van der Waals surface area contributed by atoms with Gasteiger partial charge in [0, 0.05) is 31.7 Å². The molecule has 3 heteroatoms. The number of amides is 1. The quantitative estimate of drug-likeness (QED) is 0.751. The Morgan fingerprint density at radius 3 is 2.67 bits per heavy atom. The minimum atomic E-state index is 0.116. The van der Waals surface area contributed by atoms with Gasteiger partial charge >= 0.3 is 0 Å². The van der Waals surface area contributed by atoms with Gasteiger partial charge in [-0.3, -0.25) is 4.79 Å². The molecule has 114 valence electrons. The summed E-state index contributed by atoms with van der Waals surface area (Å²) in [5, 5.41) is 0. The number of ether oxygens (including phenoxy) is 1. The molecule has 0 aromatic heterocycles. The maximum absolute atomic E-state index is 12.5. The summed E-state index contributed by atoms with van der Waals surface area (Å²) in [6, 6.07) is 10.1. The first-order valence-corrected chi connectivity index (χ1v) is 7.87. The lowest BCUT2D eigenvalue weighted by Crippen LogP contribution is -2.34. The SMILES string of the molecule is CC/C(=C\C(=O)N(CC)C[C@H]1CCOC1)c1ccccc1. The Bertz CT molecular complexity index is 475. The topological polar surface area (TPSA) is 29.5 Å². The zero-order valence-electron chi connectivity index (χ0n) is 13.0. The van der Waals surface area contributed by atoms with Crippen molar-refractivity contribution in [2.24, 2.45) is 5.92 Å². The molecule has 1 aliphatic rings. The first kappa shape index (κ1) is 15.8. The van der Waals surface area contributed by atoms with E-state index in [9.17, 15) is 4.79 Å². The smallest absolute Gasteiger partial charge is 0.246 e. The predicted octanol–water partition coefficient (Wildman–Crippen LogP) is 3.37. The molecule has 1 fully saturated rings. The third kappa shape index (κ3) is 4.43. The summed E-state index contributed by atoms with van der Waals surface area (Å²) in [4.78, 5) is 14.4. The van der Waals surface area contributed by atoms with Gasteiger partial charge in [0.2, 0.25) is 5.91 Å². The number of hydrogen-bond acceptors (Lipinski definition) is 2. The van der Waals surface area contributed by atoms with E-state index in [0.29, 0.717) is 5.92 Å². The summed E-state index contributed by atoms with van der Waals surface area (Å²) in [5.74, 6) is 0.606. The molecule has 2 rings (SSSR count). The molecule has 0 bridgehead atoms. The fourth-order valence-electron chi connectivity index (χ4n) is 2.70. The van der Waals surface area contributed by atoms with E-state index in [0.717, 1.165) is 50.3 Å². The molecule has 0 unspecified atom stereocenters. The van der Waals surface area contributed by atoms with Crippen LogP contribution in [0.3, 0.4) is 0 Å². The first-order chi connectivity index (χ1) is 10.2. The molecule has 1 aromatic carbocycles. The standard InChI is InChI=1S/C18H25NO2/c1-3-16(17-8-6-5-7-9-17)12-18(20)19(4-2)13-15-10-11-21-14-15/h5-9,12,15H,3-4,10-11,13-14H2,1-2H3/b16-12+/t15-/m1/s1. The second-order valence-electron chi connectivity index (χ2n) is 5.50. The van der Waals surface area contributed by atoms with Crippen molar-refractivity contribution < 1.29 is 9.53 Å². The van der Waals surface area contributed by atoms with Gasteiger partial charge in [-0.25, -0.2) is 0 Å². The second-order valence-corrected chi connectivity index (χ2v) is 5.50. The summed E-state index contributed by atoms with van der Waals surface area (Å²) in [5.41, 5.74) is 2.23. The maximum Gasteiger partial charge on any atom is 0.246 e. The van der Waals surface area contributed by atoms with Gasteiger partial charge in [0.25, 0.3) is 0 Å². The molecule has 1 aromatic rings. The van der Waals surface area contributed by atoms with Gasteiger partial charge in [0.05, 0.1) is 6.61 Å². The number of hydrogen-bond donors (Lipinski definition) is 0. The van der Waals surface area contributed by atoms with E-state index in [1.54, 1.807) is 6.08 Å². The van der Waals surface area contributed by atoms with E-state index in [2.05, 4.69) is 19.1 Å². The number of benzene rings is 1. The second kappa shape index (κ2) is 7.99. The molecule has 3 nitrogen and oxygen atoms in total. The number of likely N-dealkylation sites (N-methyl/N-ethyl adjacent to an activating group) is 1. The molecular weight excluding hydrogens is 262 g/mol. The molecule has 1 aliphatic heterocycles. The highest BCUT2D eigenvalue weighted by molar-refractivity contribution is 5.95. The fraction of sp³-hybridized carbons (Fsp3) is 0.500. The molecule has 21 heavy (non-hydrogen) atoms. The van der Waals surface area contributed by atoms with Crippen molar-refractivity contribution in [3.05, 3.63) is 42.0 Å². The Labute approximate surface area is 127 Å². The molecule has 1 amide bonds. The van der Waals surface area contributed by atoms with Crippen LogP contribution in [0.25, 0.3) is 5.57 Å². The minimum absolute atomic E-state index is 0.116. The van der Waals surface area contributed by atoms with Crippen LogP contribution >= 0.6 is 0 Å². The van der Waals surface area contributed by atoms with Crippen molar-refractivity contribution in [1.29, 1.82) is 0 Å². The number of rotatable bonds is 6. The maximum atomic E-state index is 12.5. The third-order valence-corrected chi connectivity index (χ3v) is 4.02. The van der Waals surface area contributed by atoms with Crippen LogP contribution < -0.4 is 0 Å². The molecule has 0 saturated carbocycles. The van der Waals surface area contributed by atoms with E-state index < -0.39 is 0 Å². The van der Waals surface area contributed by atoms with E-state index in [4.69, 9.17) is 4.74 Å². The highest BCUT2D eigenvalue weighted by Crippen LogP contribution is 2.19. The van der Waals surface area contributed by atoms with E-state index >= 15 is 0 Å². The van der Waals surface area contributed by atoms with E-state index in [-0.39, 0.29) is 5.91 Å². The summed E-state index contributed by atoms with van der Waals surface area (Å²) < 4.78 is 5.40. The van der Waals surface area contributed by atoms with Crippen LogP contribution in [0.15, 0.2) is 36.4 Å². The van der Waals surface area contributed by atoms with Crippen LogP contribution in [0.1, 0.15) is 32.3 Å². The molecule has 1 heterocycles. The Balaban J connectivity index is 2.06. The highest BCUT2D eigenvalue weighted by atomic mass is 16.5. The Morgan fingerprint density at radius 1 is 1.33 bits per heavy atom. The van der Waals surface area contributed by atoms with Crippen molar-refractivity contribution in [2.45, 2.75) is 26.7 Å². The molecular formula is C18H25NO2. The van der Waals surface area contributed by atoms with Crippen LogP contribution in [0.5, 0.6) is 0 Å². The lowest BCUT2D eigenvalue weighted by atomic mass is 10.0. The van der Waals surface area contributed by atoms with Crippen molar-refractivity contribution in [3.63, 3.8) is 0 Å². The number of nitrogens with zero attached hydrogens (tertiary/aromatic N) is 1. The minimum Gasteiger partial charge on any atom is -0.381 e. The van der Waals surface area contributed by atoms with Gasteiger partial charge in [0.1, 0.15) is 0 Å². The number of allylic oxidation sites excluding steroid dienone is 1. The molecule has 0 N–H and O–H groups in total. The first-order valence-electron chi connectivity index (χ1n) is 7.87. The number of carbonyl (C=O) groups excluding carboxylic acids is 1. The van der Waals surface area contributed by atoms with Crippen LogP contribution in [-0.2, 0) is 9.53 Å². The fourth-order valence-corrected chi connectivity index (χ4v) is 2.70. The van der Waals surface area contributed by atoms with Gasteiger partial charge in [-0.05, 0) is 30.9 Å². The predicted molar refractivity (Wildman–Crippen MR) is 85.9 cm³/mol. The highest BCUT2D eigenvalue weighted by Gasteiger charge is 2.20. The van der Waals surface area contributed by atoms with Gasteiger partial charge in [0.15, 0.2) is 0 Å². The summed E-state index contributed by atoms with van der Waals surface area (Å²) in [6.45, 7) is 7.29. The zero-order chi connectivity index (χ0) is 15.1. The average molecular weight is 287 g/mol. The molecule has 1 atom stereocenters. The monoisotopic (exact) mass is 287 g/mol. The third-order valence-electron chi connectivity index (χ3n) is 4.02. The summed E-state index contributed by atoms with van der Waals surface area (Å²) >= 11 is 0. The van der Waals surface area contributed by atoms with Gasteiger partial charge in [-0.1, -0.05) is 37.3 Å². The lowest BCUT2D eigenvalue weighted by molar-refractivity contribution is -0.126. The Hall–Kier alpha value is -1.61. The molecule has 0 spiro atoms. The summed E-state index contributed by atoms with van der Waals surface area (Å²) in [7, 11) is 0. The van der Waals surface area contributed by atoms with Gasteiger partial charge in [-0.15, -0.1) is 0 Å².